The van der Waals surface area contributed by atoms with Crippen LogP contribution < -0.4 is 39.4 Å². The van der Waals surface area contributed by atoms with E-state index in [2.05, 4.69) is 0 Å². The number of nitrogens with two attached hydrogens (primary N) is 2. The number of hydrogen-bond acceptors (Lipinski definition) is 5. The third kappa shape index (κ3) is 5.32. The number of hydrogen-bond donors (Lipinski definition) is 3. The summed E-state index contributed by atoms with van der Waals surface area (Å²) in [6, 6.07) is 15.6. The highest BCUT2D eigenvalue weighted by atomic mass is 127. The summed E-state index contributed by atoms with van der Waals surface area (Å²) in [6.07, 6.45) is 0. The highest BCUT2D eigenvalue weighted by Gasteiger charge is 1.95. The highest BCUT2D eigenvalue weighted by Crippen LogP contribution is 2.21. The molecule has 2 aromatic rings. The fourth-order valence-electron chi connectivity index (χ4n) is 1.35. The molecule has 0 amide bonds. The maximum absolute atomic E-state index is 8.68. The van der Waals surface area contributed by atoms with Crippen molar-refractivity contribution < 1.29 is 31.4 Å². The van der Waals surface area contributed by atoms with E-state index in [-0.39, 0.29) is 0 Å². The third-order valence-electron chi connectivity index (χ3n) is 2.15. The molecule has 0 radical (unpaired) electrons. The Labute approximate surface area is 114 Å². The molecule has 0 atom stereocenters. The quantitative estimate of drug-likeness (QED) is 0.362. The number of halogens is 1. The van der Waals surface area contributed by atoms with Gasteiger partial charge in [-0.2, -0.15) is 0 Å². The molecule has 2 aromatic carbocycles. The van der Waals surface area contributed by atoms with E-state index in [0.29, 0.717) is 0 Å². The van der Waals surface area contributed by atoms with Gasteiger partial charge in [-0.1, -0.05) is 24.3 Å². The zero-order valence-electron chi connectivity index (χ0n) is 9.42. The summed E-state index contributed by atoms with van der Waals surface area (Å²) >= 11 is -3.76. The van der Waals surface area contributed by atoms with Crippen molar-refractivity contribution in [2.24, 2.45) is 0 Å². The molecule has 2 rings (SSSR count). The van der Waals surface area contributed by atoms with Crippen LogP contribution in [0.15, 0.2) is 48.5 Å². The monoisotopic (exact) mass is 360 g/mol. The molecular formula is C12H13IN2O3. The van der Waals surface area contributed by atoms with Gasteiger partial charge < -0.3 is 18.3 Å². The minimum atomic E-state index is -3.76. The van der Waals surface area contributed by atoms with E-state index in [4.69, 9.17) is 21.8 Å². The second-order valence-corrected chi connectivity index (χ2v) is 4.59. The Kier molecular flexibility index (Phi) is 5.86. The summed E-state index contributed by atoms with van der Waals surface area (Å²) in [5, 5.41) is 0. The number of rotatable bonds is 1. The fourth-order valence-corrected chi connectivity index (χ4v) is 1.35. The molecule has 18 heavy (non-hydrogen) atoms. The predicted molar refractivity (Wildman–Crippen MR) is 62.9 cm³/mol. The molecule has 0 fully saturated rings. The van der Waals surface area contributed by atoms with Gasteiger partial charge in [0.1, 0.15) is 0 Å². The lowest BCUT2D eigenvalue weighted by Gasteiger charge is -2.02. The molecule has 6 heteroatoms. The standard InChI is InChI=1S/C12H12N2.HIO3/c13-11-5-1-9(2-6-11)10-3-7-12(14)8-4-10;2-1(3)4/h1-8H,13-14H2;2H. The van der Waals surface area contributed by atoms with Gasteiger partial charge in [0.05, 0.1) is 0 Å². The number of benzene rings is 2. The first kappa shape index (κ1) is 14.7. The van der Waals surface area contributed by atoms with Crippen LogP contribution in [0.4, 0.5) is 11.4 Å². The maximum Gasteiger partial charge on any atom is 0.503 e. The van der Waals surface area contributed by atoms with Crippen LogP contribution in [-0.4, -0.2) is 3.44 Å². The van der Waals surface area contributed by atoms with Gasteiger partial charge in [-0.25, -0.2) is 0 Å². The van der Waals surface area contributed by atoms with Crippen molar-refractivity contribution in [1.82, 2.24) is 0 Å². The molecule has 0 saturated heterocycles. The fraction of sp³-hybridized carbons (Fsp3) is 0. The average Bonchev–Trinajstić information content (AvgIpc) is 2.31. The Morgan fingerprint density at radius 1 is 0.722 bits per heavy atom. The summed E-state index contributed by atoms with van der Waals surface area (Å²) in [5.74, 6) is 0. The molecule has 0 aromatic heterocycles. The van der Waals surface area contributed by atoms with Gasteiger partial charge in [-0.3, -0.25) is 0 Å². The maximum atomic E-state index is 8.68. The predicted octanol–water partition coefficient (Wildman–Crippen LogP) is -3.41. The first-order chi connectivity index (χ1) is 8.49. The molecule has 0 saturated carbocycles. The average molecular weight is 360 g/mol. The number of nitrogen functional groups attached to an aromatic ring is 2. The third-order valence-corrected chi connectivity index (χ3v) is 2.15. The lowest BCUT2D eigenvalue weighted by atomic mass is 10.1. The molecule has 0 bridgehead atoms. The first-order valence-corrected chi connectivity index (χ1v) is 7.67. The van der Waals surface area contributed by atoms with Crippen LogP contribution in [0.25, 0.3) is 11.1 Å². The minimum absolute atomic E-state index is 0.782. The van der Waals surface area contributed by atoms with Crippen LogP contribution in [0.5, 0.6) is 0 Å². The van der Waals surface area contributed by atoms with E-state index in [0.717, 1.165) is 22.5 Å². The summed E-state index contributed by atoms with van der Waals surface area (Å²) in [7, 11) is 0. The van der Waals surface area contributed by atoms with E-state index in [9.17, 15) is 0 Å². The van der Waals surface area contributed by atoms with Crippen LogP contribution in [0.2, 0.25) is 0 Å². The number of anilines is 2. The van der Waals surface area contributed by atoms with Crippen LogP contribution in [0.3, 0.4) is 0 Å². The van der Waals surface area contributed by atoms with E-state index < -0.39 is 21.1 Å². The molecule has 5 nitrogen and oxygen atoms in total. The summed E-state index contributed by atoms with van der Waals surface area (Å²) in [4.78, 5) is 0. The Bertz CT molecular complexity index is 425. The van der Waals surface area contributed by atoms with Gasteiger partial charge in [0.15, 0.2) is 0 Å². The summed E-state index contributed by atoms with van der Waals surface area (Å²) in [5.41, 5.74) is 15.1. The minimum Gasteiger partial charge on any atom is -0.399 e. The van der Waals surface area contributed by atoms with E-state index in [1.54, 1.807) is 0 Å². The Morgan fingerprint density at radius 3 is 1.17 bits per heavy atom. The van der Waals surface area contributed by atoms with Gasteiger partial charge in [0.25, 0.3) is 0 Å². The topological polar surface area (TPSA) is 118 Å². The second-order valence-electron chi connectivity index (χ2n) is 3.45. The smallest absolute Gasteiger partial charge is 0.399 e. The zero-order chi connectivity index (χ0) is 13.5. The SMILES string of the molecule is Nc1ccc(-c2ccc(N)cc2)cc1.[O-][I+2]([O-])O. The van der Waals surface area contributed by atoms with Crippen molar-refractivity contribution in [3.05, 3.63) is 48.5 Å². The van der Waals surface area contributed by atoms with E-state index in [1.807, 2.05) is 48.5 Å². The van der Waals surface area contributed by atoms with Crippen molar-refractivity contribution >= 4 is 11.4 Å². The molecular weight excluding hydrogens is 347 g/mol. The van der Waals surface area contributed by atoms with E-state index >= 15 is 0 Å². The largest absolute Gasteiger partial charge is 0.503 e. The lowest BCUT2D eigenvalue weighted by Crippen LogP contribution is -3.98. The van der Waals surface area contributed by atoms with Crippen molar-refractivity contribution in [2.45, 2.75) is 0 Å². The van der Waals surface area contributed by atoms with Crippen molar-refractivity contribution in [3.63, 3.8) is 0 Å². The summed E-state index contributed by atoms with van der Waals surface area (Å²) in [6.45, 7) is 0. The van der Waals surface area contributed by atoms with Gasteiger partial charge in [-0.05, 0) is 38.8 Å². The lowest BCUT2D eigenvalue weighted by molar-refractivity contribution is -1.63. The van der Waals surface area contributed by atoms with Gasteiger partial charge >= 0.3 is 21.1 Å². The molecule has 0 aliphatic carbocycles. The normalized spacial score (nSPS) is 9.78. The molecule has 5 N–H and O–H groups in total. The van der Waals surface area contributed by atoms with Crippen LogP contribution >= 0.6 is 0 Å². The van der Waals surface area contributed by atoms with E-state index in [1.165, 1.54) is 0 Å². The first-order valence-electron chi connectivity index (χ1n) is 4.95. The molecule has 96 valence electrons. The van der Waals surface area contributed by atoms with Gasteiger partial charge in [0.2, 0.25) is 0 Å². The molecule has 0 spiro atoms. The van der Waals surface area contributed by atoms with Crippen molar-refractivity contribution in [1.29, 1.82) is 0 Å². The summed E-state index contributed by atoms with van der Waals surface area (Å²) < 4.78 is 24.5. The van der Waals surface area contributed by atoms with Gasteiger partial charge in [0, 0.05) is 11.4 Å². The molecule has 0 unspecified atom stereocenters. The molecule has 0 aliphatic rings. The molecule has 0 aliphatic heterocycles. The highest BCUT2D eigenvalue weighted by molar-refractivity contribution is 5.67. The van der Waals surface area contributed by atoms with Crippen LogP contribution in [0, 0.1) is 0 Å². The second kappa shape index (κ2) is 7.17. The van der Waals surface area contributed by atoms with Gasteiger partial charge in [-0.15, -0.1) is 0 Å². The Morgan fingerprint density at radius 2 is 0.944 bits per heavy atom. The Balaban J connectivity index is 0.000000357. The van der Waals surface area contributed by atoms with Crippen LogP contribution in [-0.2, 0) is 0 Å². The van der Waals surface area contributed by atoms with Crippen LogP contribution in [0.1, 0.15) is 0 Å². The zero-order valence-corrected chi connectivity index (χ0v) is 11.6. The molecule has 0 heterocycles. The Hall–Kier alpha value is -1.35. The van der Waals surface area contributed by atoms with Crippen molar-refractivity contribution in [3.8, 4) is 11.1 Å². The van der Waals surface area contributed by atoms with Crippen molar-refractivity contribution in [2.75, 3.05) is 11.5 Å².